The van der Waals surface area contributed by atoms with Gasteiger partial charge in [0.25, 0.3) is 0 Å². The average Bonchev–Trinajstić information content (AvgIpc) is 2.43. The predicted octanol–water partition coefficient (Wildman–Crippen LogP) is 3.69. The van der Waals surface area contributed by atoms with Crippen molar-refractivity contribution in [3.05, 3.63) is 64.7 Å². The first-order valence-corrected chi connectivity index (χ1v) is 6.99. The number of hydrogen-bond donors (Lipinski definition) is 1. The lowest BCUT2D eigenvalue weighted by atomic mass is 9.97. The summed E-state index contributed by atoms with van der Waals surface area (Å²) in [7, 11) is 0. The molecule has 2 aromatic carbocycles. The molecule has 0 saturated carbocycles. The first-order valence-electron chi connectivity index (χ1n) is 6.99. The summed E-state index contributed by atoms with van der Waals surface area (Å²) in [6, 6.07) is 13.4. The monoisotopic (exact) mass is 284 g/mol. The minimum absolute atomic E-state index is 0.363. The Balaban J connectivity index is 2.25. The molecular formula is C18H20O3. The Kier molecular flexibility index (Phi) is 4.63. The molecule has 3 heteroatoms. The molecule has 0 unspecified atom stereocenters. The van der Waals surface area contributed by atoms with Crippen molar-refractivity contribution in [2.75, 3.05) is 0 Å². The van der Waals surface area contributed by atoms with Crippen LogP contribution in [0.5, 0.6) is 5.75 Å². The molecule has 0 aliphatic carbocycles. The number of carboxylic acids is 1. The summed E-state index contributed by atoms with van der Waals surface area (Å²) >= 11 is 0. The Morgan fingerprint density at radius 1 is 1.00 bits per heavy atom. The number of rotatable bonds is 5. The van der Waals surface area contributed by atoms with Crippen molar-refractivity contribution in [1.82, 2.24) is 0 Å². The molecule has 0 radical (unpaired) electrons. The zero-order valence-electron chi connectivity index (χ0n) is 12.6. The second-order valence-corrected chi connectivity index (χ2v) is 5.28. The highest BCUT2D eigenvalue weighted by Gasteiger charge is 2.22. The van der Waals surface area contributed by atoms with E-state index >= 15 is 0 Å². The van der Waals surface area contributed by atoms with Crippen LogP contribution in [0.1, 0.15) is 22.3 Å². The van der Waals surface area contributed by atoms with E-state index in [2.05, 4.69) is 0 Å². The van der Waals surface area contributed by atoms with Crippen LogP contribution < -0.4 is 4.74 Å². The summed E-state index contributed by atoms with van der Waals surface area (Å²) in [4.78, 5) is 11.5. The highest BCUT2D eigenvalue weighted by atomic mass is 16.5. The number of benzene rings is 2. The summed E-state index contributed by atoms with van der Waals surface area (Å²) in [6.07, 6.45) is -0.520. The highest BCUT2D eigenvalue weighted by Crippen LogP contribution is 2.21. The molecule has 110 valence electrons. The van der Waals surface area contributed by atoms with E-state index in [0.29, 0.717) is 12.2 Å². The lowest BCUT2D eigenvalue weighted by Crippen LogP contribution is -2.30. The third-order valence-corrected chi connectivity index (χ3v) is 3.67. The third kappa shape index (κ3) is 3.63. The number of aryl methyl sites for hydroxylation is 3. The zero-order chi connectivity index (χ0) is 15.4. The van der Waals surface area contributed by atoms with E-state index in [0.717, 1.165) is 22.3 Å². The molecule has 0 aliphatic heterocycles. The van der Waals surface area contributed by atoms with Crippen LogP contribution in [0.25, 0.3) is 0 Å². The van der Waals surface area contributed by atoms with Gasteiger partial charge in [0.05, 0.1) is 0 Å². The van der Waals surface area contributed by atoms with Gasteiger partial charge in [0.2, 0.25) is 0 Å². The number of carboxylic acid groups (broad SMARTS) is 1. The molecule has 0 aliphatic rings. The Hall–Kier alpha value is -2.29. The second kappa shape index (κ2) is 6.44. The quantitative estimate of drug-likeness (QED) is 0.911. The van der Waals surface area contributed by atoms with E-state index in [1.165, 1.54) is 0 Å². The number of hydrogen-bond acceptors (Lipinski definition) is 2. The zero-order valence-corrected chi connectivity index (χ0v) is 12.6. The molecule has 3 nitrogen and oxygen atoms in total. The van der Waals surface area contributed by atoms with Crippen LogP contribution in [-0.4, -0.2) is 17.2 Å². The number of aliphatic carboxylic acids is 1. The molecule has 0 saturated heterocycles. The van der Waals surface area contributed by atoms with Crippen molar-refractivity contribution in [1.29, 1.82) is 0 Å². The maximum absolute atomic E-state index is 11.5. The molecule has 1 atom stereocenters. The first-order chi connectivity index (χ1) is 9.99. The Labute approximate surface area is 125 Å². The van der Waals surface area contributed by atoms with Crippen LogP contribution in [0.2, 0.25) is 0 Å². The van der Waals surface area contributed by atoms with Gasteiger partial charge in [0, 0.05) is 6.42 Å². The molecule has 0 fully saturated rings. The van der Waals surface area contributed by atoms with Gasteiger partial charge in [-0.05, 0) is 49.1 Å². The van der Waals surface area contributed by atoms with Crippen LogP contribution in [0.4, 0.5) is 0 Å². The Morgan fingerprint density at radius 2 is 1.57 bits per heavy atom. The van der Waals surface area contributed by atoms with Crippen molar-refractivity contribution in [3.63, 3.8) is 0 Å². The smallest absolute Gasteiger partial charge is 0.345 e. The molecule has 21 heavy (non-hydrogen) atoms. The lowest BCUT2D eigenvalue weighted by Gasteiger charge is -2.19. The normalized spacial score (nSPS) is 12.0. The van der Waals surface area contributed by atoms with Gasteiger partial charge in [-0.25, -0.2) is 4.79 Å². The molecular weight excluding hydrogens is 264 g/mol. The van der Waals surface area contributed by atoms with Gasteiger partial charge in [-0.3, -0.25) is 0 Å². The van der Waals surface area contributed by atoms with Gasteiger partial charge in [-0.1, -0.05) is 36.4 Å². The average molecular weight is 284 g/mol. The maximum Gasteiger partial charge on any atom is 0.345 e. The fourth-order valence-corrected chi connectivity index (χ4v) is 2.38. The lowest BCUT2D eigenvalue weighted by molar-refractivity contribution is -0.145. The fraction of sp³-hybridized carbons (Fsp3) is 0.278. The summed E-state index contributed by atoms with van der Waals surface area (Å²) in [5.41, 5.74) is 4.16. The molecule has 0 bridgehead atoms. The first kappa shape index (κ1) is 15.1. The fourth-order valence-electron chi connectivity index (χ4n) is 2.38. The van der Waals surface area contributed by atoms with Crippen molar-refractivity contribution in [2.45, 2.75) is 33.3 Å². The van der Waals surface area contributed by atoms with Crippen LogP contribution in [0.15, 0.2) is 42.5 Å². The van der Waals surface area contributed by atoms with Crippen LogP contribution >= 0.6 is 0 Å². The van der Waals surface area contributed by atoms with Crippen molar-refractivity contribution in [3.8, 4) is 5.75 Å². The molecule has 2 rings (SSSR count). The second-order valence-electron chi connectivity index (χ2n) is 5.28. The van der Waals surface area contributed by atoms with Gasteiger partial charge >= 0.3 is 5.97 Å². The third-order valence-electron chi connectivity index (χ3n) is 3.67. The van der Waals surface area contributed by atoms with Gasteiger partial charge in [-0.15, -0.1) is 0 Å². The SMILES string of the molecule is Cc1ccccc1O[C@H](Cc1c(C)cccc1C)C(=O)O. The highest BCUT2D eigenvalue weighted by molar-refractivity contribution is 5.73. The largest absolute Gasteiger partial charge is 0.478 e. The molecule has 0 heterocycles. The summed E-state index contributed by atoms with van der Waals surface area (Å²) in [5.74, 6) is -0.322. The van der Waals surface area contributed by atoms with Crippen molar-refractivity contribution < 1.29 is 14.6 Å². The van der Waals surface area contributed by atoms with Crippen LogP contribution in [0.3, 0.4) is 0 Å². The van der Waals surface area contributed by atoms with Crippen LogP contribution in [-0.2, 0) is 11.2 Å². The Bertz CT molecular complexity index is 626. The topological polar surface area (TPSA) is 46.5 Å². The summed E-state index contributed by atoms with van der Waals surface area (Å²) in [5, 5.41) is 9.44. The molecule has 0 aromatic heterocycles. The standard InChI is InChI=1S/C18H20O3/c1-12-8-6-9-13(2)15(12)11-17(18(19)20)21-16-10-5-4-7-14(16)3/h4-10,17H,11H2,1-3H3,(H,19,20)/t17-/m1/s1. The molecule has 1 N–H and O–H groups in total. The maximum atomic E-state index is 11.5. The van der Waals surface area contributed by atoms with E-state index in [9.17, 15) is 9.90 Å². The van der Waals surface area contributed by atoms with Crippen LogP contribution in [0, 0.1) is 20.8 Å². The summed E-state index contributed by atoms with van der Waals surface area (Å²) in [6.45, 7) is 5.90. The molecule has 2 aromatic rings. The van der Waals surface area contributed by atoms with E-state index in [4.69, 9.17) is 4.74 Å². The van der Waals surface area contributed by atoms with Gasteiger partial charge in [0.15, 0.2) is 6.10 Å². The van der Waals surface area contributed by atoms with Crippen molar-refractivity contribution in [2.24, 2.45) is 0 Å². The van der Waals surface area contributed by atoms with E-state index in [-0.39, 0.29) is 0 Å². The minimum atomic E-state index is -0.944. The van der Waals surface area contributed by atoms with Gasteiger partial charge in [0.1, 0.15) is 5.75 Å². The molecule has 0 amide bonds. The number of para-hydroxylation sites is 1. The Morgan fingerprint density at radius 3 is 2.14 bits per heavy atom. The van der Waals surface area contributed by atoms with E-state index in [1.807, 2.05) is 57.2 Å². The predicted molar refractivity (Wildman–Crippen MR) is 82.9 cm³/mol. The number of ether oxygens (including phenoxy) is 1. The summed E-state index contributed by atoms with van der Waals surface area (Å²) < 4.78 is 5.72. The van der Waals surface area contributed by atoms with Gasteiger partial charge in [-0.2, -0.15) is 0 Å². The van der Waals surface area contributed by atoms with Crippen molar-refractivity contribution >= 4 is 5.97 Å². The van der Waals surface area contributed by atoms with Gasteiger partial charge < -0.3 is 9.84 Å². The number of carbonyl (C=O) groups is 1. The molecule has 0 spiro atoms. The van der Waals surface area contributed by atoms with E-state index < -0.39 is 12.1 Å². The van der Waals surface area contributed by atoms with E-state index in [1.54, 1.807) is 6.07 Å². The minimum Gasteiger partial charge on any atom is -0.478 e.